The first-order chi connectivity index (χ1) is 15.4. The van der Waals surface area contributed by atoms with Gasteiger partial charge in [-0.1, -0.05) is 64.9 Å². The molecule has 0 aromatic heterocycles. The zero-order valence-corrected chi connectivity index (χ0v) is 20.5. The Kier molecular flexibility index (Phi) is 7.15. The van der Waals surface area contributed by atoms with E-state index in [-0.39, 0.29) is 41.3 Å². The van der Waals surface area contributed by atoms with Crippen molar-refractivity contribution < 1.29 is 19.4 Å². The van der Waals surface area contributed by atoms with Crippen LogP contribution in [-0.2, 0) is 15.6 Å². The number of aromatic hydroxyl groups is 1. The Morgan fingerprint density at radius 1 is 1.00 bits per heavy atom. The fraction of sp³-hybridized carbons (Fsp3) is 0.519. The van der Waals surface area contributed by atoms with E-state index >= 15 is 0 Å². The Balaban J connectivity index is 1.74. The van der Waals surface area contributed by atoms with Crippen molar-refractivity contribution in [2.24, 2.45) is 11.1 Å². The number of nitroso groups, excluding NO2 is 1. The highest BCUT2D eigenvalue weighted by Gasteiger charge is 2.37. The lowest BCUT2D eigenvalue weighted by atomic mass is 9.63. The summed E-state index contributed by atoms with van der Waals surface area (Å²) in [5.41, 5.74) is 3.59. The van der Waals surface area contributed by atoms with Crippen LogP contribution in [0.15, 0.2) is 41.6 Å². The average Bonchev–Trinajstić information content (AvgIpc) is 2.76. The minimum atomic E-state index is -0.686. The summed E-state index contributed by atoms with van der Waals surface area (Å²) in [6.45, 7) is 13.2. The molecule has 2 aromatic rings. The highest BCUT2D eigenvalue weighted by atomic mass is 16.5. The number of nitrogens with zero attached hydrogens (tertiary/aromatic N) is 1. The third kappa shape index (κ3) is 5.55. The molecule has 1 aliphatic carbocycles. The number of rotatable bonds is 8. The minimum absolute atomic E-state index is 0.0287. The highest BCUT2D eigenvalue weighted by molar-refractivity contribution is 5.92. The summed E-state index contributed by atoms with van der Waals surface area (Å²) < 4.78 is 10.9. The van der Waals surface area contributed by atoms with Gasteiger partial charge in [-0.05, 0) is 58.4 Å². The van der Waals surface area contributed by atoms with Gasteiger partial charge in [0.25, 0.3) is 0 Å². The summed E-state index contributed by atoms with van der Waals surface area (Å²) in [6.07, 6.45) is 2.20. The molecule has 1 N–H and O–H groups in total. The fourth-order valence-electron chi connectivity index (χ4n) is 4.27. The van der Waals surface area contributed by atoms with Crippen LogP contribution < -0.4 is 4.74 Å². The van der Waals surface area contributed by atoms with E-state index in [2.05, 4.69) is 45.0 Å². The van der Waals surface area contributed by atoms with Crippen LogP contribution in [0, 0.1) is 10.8 Å². The van der Waals surface area contributed by atoms with E-state index < -0.39 is 12.0 Å². The number of carbonyl (C=O) groups excluding carboxylic acids is 1. The maximum absolute atomic E-state index is 12.1. The number of hydrogen-bond donors (Lipinski definition) is 1. The SMILES string of the molecule is CC(C)COC(=O)c1ccc(OCC(N=O)c2ccc3c(c2)C(C)(C)CCC3(C)C)cc1O. The Morgan fingerprint density at radius 3 is 2.27 bits per heavy atom. The molecule has 3 rings (SSSR count). The lowest BCUT2D eigenvalue weighted by Gasteiger charge is -2.42. The van der Waals surface area contributed by atoms with Gasteiger partial charge in [0.2, 0.25) is 0 Å². The van der Waals surface area contributed by atoms with Crippen molar-refractivity contribution in [1.82, 2.24) is 0 Å². The molecule has 6 heteroatoms. The van der Waals surface area contributed by atoms with Crippen molar-refractivity contribution in [2.45, 2.75) is 71.3 Å². The first-order valence-corrected chi connectivity index (χ1v) is 11.5. The summed E-state index contributed by atoms with van der Waals surface area (Å²) in [5, 5.41) is 13.5. The molecule has 0 amide bonds. The van der Waals surface area contributed by atoms with Crippen molar-refractivity contribution in [3.8, 4) is 11.5 Å². The number of phenols is 1. The Hall–Kier alpha value is -2.89. The molecular formula is C27H35NO5. The van der Waals surface area contributed by atoms with Crippen molar-refractivity contribution in [3.05, 3.63) is 63.6 Å². The van der Waals surface area contributed by atoms with Gasteiger partial charge in [-0.15, -0.1) is 0 Å². The summed E-state index contributed by atoms with van der Waals surface area (Å²) in [7, 11) is 0. The molecule has 33 heavy (non-hydrogen) atoms. The Labute approximate surface area is 196 Å². The van der Waals surface area contributed by atoms with Crippen LogP contribution in [-0.4, -0.2) is 24.3 Å². The second-order valence-corrected chi connectivity index (χ2v) is 10.7. The summed E-state index contributed by atoms with van der Waals surface area (Å²) in [4.78, 5) is 23.8. The van der Waals surface area contributed by atoms with Crippen molar-refractivity contribution in [2.75, 3.05) is 13.2 Å². The monoisotopic (exact) mass is 453 g/mol. The quantitative estimate of drug-likeness (QED) is 0.367. The highest BCUT2D eigenvalue weighted by Crippen LogP contribution is 2.46. The van der Waals surface area contributed by atoms with E-state index in [1.54, 1.807) is 6.07 Å². The van der Waals surface area contributed by atoms with Crippen LogP contribution in [0.25, 0.3) is 0 Å². The van der Waals surface area contributed by atoms with E-state index in [0.29, 0.717) is 5.75 Å². The molecule has 0 fully saturated rings. The van der Waals surface area contributed by atoms with Gasteiger partial charge in [0.05, 0.1) is 6.61 Å². The molecule has 0 heterocycles. The zero-order chi connectivity index (χ0) is 24.4. The molecule has 0 spiro atoms. The van der Waals surface area contributed by atoms with Crippen LogP contribution in [0.1, 0.15) is 87.5 Å². The van der Waals surface area contributed by atoms with Crippen molar-refractivity contribution >= 4 is 5.97 Å². The second kappa shape index (κ2) is 9.54. The van der Waals surface area contributed by atoms with Gasteiger partial charge >= 0.3 is 5.97 Å². The molecule has 0 aliphatic heterocycles. The van der Waals surface area contributed by atoms with E-state index in [0.717, 1.165) is 18.4 Å². The minimum Gasteiger partial charge on any atom is -0.507 e. The molecule has 0 saturated carbocycles. The maximum Gasteiger partial charge on any atom is 0.341 e. The Bertz CT molecular complexity index is 1030. The lowest BCUT2D eigenvalue weighted by molar-refractivity contribution is 0.0455. The van der Waals surface area contributed by atoms with Gasteiger partial charge in [0.1, 0.15) is 23.7 Å². The number of esters is 1. The van der Waals surface area contributed by atoms with Gasteiger partial charge in [0.15, 0.2) is 6.04 Å². The molecule has 6 nitrogen and oxygen atoms in total. The fourth-order valence-corrected chi connectivity index (χ4v) is 4.27. The Morgan fingerprint density at radius 2 is 1.67 bits per heavy atom. The number of benzene rings is 2. The molecule has 0 saturated heterocycles. The molecule has 2 aromatic carbocycles. The average molecular weight is 454 g/mol. The van der Waals surface area contributed by atoms with E-state index in [1.165, 1.54) is 23.3 Å². The predicted octanol–water partition coefficient (Wildman–Crippen LogP) is 6.44. The largest absolute Gasteiger partial charge is 0.507 e. The van der Waals surface area contributed by atoms with E-state index in [9.17, 15) is 14.8 Å². The summed E-state index contributed by atoms with van der Waals surface area (Å²) >= 11 is 0. The van der Waals surface area contributed by atoms with E-state index in [1.807, 2.05) is 19.9 Å². The molecule has 0 radical (unpaired) electrons. The van der Waals surface area contributed by atoms with Gasteiger partial charge in [-0.3, -0.25) is 0 Å². The predicted molar refractivity (Wildman–Crippen MR) is 129 cm³/mol. The third-order valence-corrected chi connectivity index (χ3v) is 6.53. The third-order valence-electron chi connectivity index (χ3n) is 6.53. The number of hydrogen-bond acceptors (Lipinski definition) is 6. The number of phenolic OH excluding ortho intramolecular Hbond substituents is 1. The van der Waals surface area contributed by atoms with Crippen molar-refractivity contribution in [3.63, 3.8) is 0 Å². The first kappa shape index (κ1) is 24.7. The second-order valence-electron chi connectivity index (χ2n) is 10.7. The summed E-state index contributed by atoms with van der Waals surface area (Å²) in [6, 6.07) is 9.87. The molecule has 1 atom stereocenters. The molecule has 1 aliphatic rings. The van der Waals surface area contributed by atoms with Crippen molar-refractivity contribution in [1.29, 1.82) is 0 Å². The van der Waals surface area contributed by atoms with Gasteiger partial charge in [-0.25, -0.2) is 4.79 Å². The lowest BCUT2D eigenvalue weighted by Crippen LogP contribution is -2.34. The molecule has 178 valence electrons. The smallest absolute Gasteiger partial charge is 0.341 e. The van der Waals surface area contributed by atoms with Gasteiger partial charge < -0.3 is 14.6 Å². The first-order valence-electron chi connectivity index (χ1n) is 11.5. The van der Waals surface area contributed by atoms with Gasteiger partial charge in [-0.2, -0.15) is 4.91 Å². The zero-order valence-electron chi connectivity index (χ0n) is 20.5. The molecule has 0 bridgehead atoms. The molecule has 1 unspecified atom stereocenters. The van der Waals surface area contributed by atoms with Crippen LogP contribution in [0.5, 0.6) is 11.5 Å². The summed E-state index contributed by atoms with van der Waals surface area (Å²) in [5.74, 6) is -0.262. The standard InChI is InChI=1S/C27H35NO5/c1-17(2)15-33-25(30)20-9-8-19(14-24(20)29)32-16-23(28-31)18-7-10-21-22(13-18)27(5,6)12-11-26(21,3)4/h7-10,13-14,17,23,29H,11-12,15-16H2,1-6H3. The number of fused-ring (bicyclic) bond motifs is 1. The topological polar surface area (TPSA) is 85.2 Å². The maximum atomic E-state index is 12.1. The normalized spacial score (nSPS) is 17.2. The number of carbonyl (C=O) groups is 1. The number of ether oxygens (including phenoxy) is 2. The van der Waals surface area contributed by atoms with Crippen LogP contribution in [0.2, 0.25) is 0 Å². The van der Waals surface area contributed by atoms with Crippen LogP contribution in [0.4, 0.5) is 0 Å². The van der Waals surface area contributed by atoms with Crippen LogP contribution in [0.3, 0.4) is 0 Å². The van der Waals surface area contributed by atoms with Gasteiger partial charge in [0, 0.05) is 6.07 Å². The molecular weight excluding hydrogens is 418 g/mol. The van der Waals surface area contributed by atoms with E-state index in [4.69, 9.17) is 9.47 Å². The van der Waals surface area contributed by atoms with Crippen LogP contribution >= 0.6 is 0 Å².